The highest BCUT2D eigenvalue weighted by Crippen LogP contribution is 2.31. The zero-order chi connectivity index (χ0) is 11.0. The van der Waals surface area contributed by atoms with Gasteiger partial charge in [0, 0.05) is 0 Å². The van der Waals surface area contributed by atoms with E-state index in [1.165, 1.54) is 0 Å². The van der Waals surface area contributed by atoms with Gasteiger partial charge in [0.05, 0.1) is 0 Å². The highest BCUT2D eigenvalue weighted by Gasteiger charge is 2.39. The zero-order valence-corrected chi connectivity index (χ0v) is 7.39. The molecule has 1 heterocycles. The van der Waals surface area contributed by atoms with Gasteiger partial charge in [-0.2, -0.15) is 13.2 Å². The van der Waals surface area contributed by atoms with Crippen molar-refractivity contribution in [3.05, 3.63) is 17.8 Å². The zero-order valence-electron chi connectivity index (χ0n) is 6.58. The Morgan fingerprint density at radius 1 is 1.50 bits per heavy atom. The lowest BCUT2D eigenvalue weighted by Crippen LogP contribution is -2.17. The Labute approximate surface area is 76.8 Å². The third kappa shape index (κ3) is 2.70. The highest BCUT2D eigenvalue weighted by atomic mass is 32.2. The van der Waals surface area contributed by atoms with Gasteiger partial charge >= 0.3 is 6.18 Å². The SMILES string of the molecule is NS(=O)(=O)Cc1ncoc1C(F)(F)F. The molecule has 0 saturated heterocycles. The molecule has 0 amide bonds. The van der Waals surface area contributed by atoms with Crippen molar-refractivity contribution in [1.29, 1.82) is 0 Å². The minimum Gasteiger partial charge on any atom is -0.439 e. The fraction of sp³-hybridized carbons (Fsp3) is 0.400. The predicted molar refractivity (Wildman–Crippen MR) is 38.3 cm³/mol. The molecule has 1 aromatic rings. The highest BCUT2D eigenvalue weighted by molar-refractivity contribution is 7.88. The fourth-order valence-electron chi connectivity index (χ4n) is 0.793. The summed E-state index contributed by atoms with van der Waals surface area (Å²) in [6.45, 7) is 0. The number of aromatic nitrogens is 1. The first-order valence-electron chi connectivity index (χ1n) is 3.20. The second-order valence-corrected chi connectivity index (χ2v) is 4.05. The molecule has 0 aliphatic carbocycles. The maximum Gasteiger partial charge on any atom is 0.451 e. The van der Waals surface area contributed by atoms with Crippen LogP contribution in [-0.4, -0.2) is 13.4 Å². The summed E-state index contributed by atoms with van der Waals surface area (Å²) >= 11 is 0. The number of alkyl halides is 3. The van der Waals surface area contributed by atoms with Gasteiger partial charge in [-0.3, -0.25) is 0 Å². The number of halogens is 3. The van der Waals surface area contributed by atoms with Gasteiger partial charge in [0.15, 0.2) is 6.39 Å². The molecule has 0 aliphatic heterocycles. The number of rotatable bonds is 2. The molecule has 0 spiro atoms. The topological polar surface area (TPSA) is 86.2 Å². The Hall–Kier alpha value is -1.09. The molecule has 0 atom stereocenters. The van der Waals surface area contributed by atoms with E-state index in [0.29, 0.717) is 6.39 Å². The number of hydrogen-bond donors (Lipinski definition) is 1. The lowest BCUT2D eigenvalue weighted by molar-refractivity contribution is -0.153. The van der Waals surface area contributed by atoms with E-state index in [1.807, 2.05) is 0 Å². The number of primary sulfonamides is 1. The van der Waals surface area contributed by atoms with Crippen LogP contribution in [-0.2, 0) is 22.0 Å². The van der Waals surface area contributed by atoms with Crippen LogP contribution in [0.2, 0.25) is 0 Å². The molecular formula is C5H5F3N2O3S. The molecule has 2 N–H and O–H groups in total. The molecular weight excluding hydrogens is 225 g/mol. The molecule has 0 radical (unpaired) electrons. The van der Waals surface area contributed by atoms with Crippen molar-refractivity contribution < 1.29 is 26.0 Å². The molecule has 0 saturated carbocycles. The van der Waals surface area contributed by atoms with Crippen molar-refractivity contribution in [3.8, 4) is 0 Å². The third-order valence-electron chi connectivity index (χ3n) is 1.24. The monoisotopic (exact) mass is 230 g/mol. The van der Waals surface area contributed by atoms with E-state index in [0.717, 1.165) is 0 Å². The smallest absolute Gasteiger partial charge is 0.439 e. The lowest BCUT2D eigenvalue weighted by Gasteiger charge is -2.03. The second-order valence-electron chi connectivity index (χ2n) is 2.43. The van der Waals surface area contributed by atoms with Crippen LogP contribution in [0, 0.1) is 0 Å². The van der Waals surface area contributed by atoms with Crippen LogP contribution in [0.3, 0.4) is 0 Å². The Balaban J connectivity index is 3.06. The Morgan fingerprint density at radius 3 is 2.50 bits per heavy atom. The van der Waals surface area contributed by atoms with Crippen molar-refractivity contribution >= 4 is 10.0 Å². The number of hydrogen-bond acceptors (Lipinski definition) is 4. The lowest BCUT2D eigenvalue weighted by atomic mass is 10.4. The average molecular weight is 230 g/mol. The molecule has 80 valence electrons. The first kappa shape index (κ1) is 11.0. The Morgan fingerprint density at radius 2 is 2.07 bits per heavy atom. The quantitative estimate of drug-likeness (QED) is 0.800. The Kier molecular flexibility index (Phi) is 2.54. The van der Waals surface area contributed by atoms with Gasteiger partial charge in [-0.25, -0.2) is 18.5 Å². The summed E-state index contributed by atoms with van der Waals surface area (Å²) in [5.41, 5.74) is -0.736. The first-order valence-corrected chi connectivity index (χ1v) is 4.92. The summed E-state index contributed by atoms with van der Waals surface area (Å²) in [7, 11) is -4.05. The van der Waals surface area contributed by atoms with Crippen LogP contribution in [0.5, 0.6) is 0 Å². The summed E-state index contributed by atoms with van der Waals surface area (Å²) in [4.78, 5) is 3.12. The number of oxazole rings is 1. The summed E-state index contributed by atoms with van der Waals surface area (Å²) in [5, 5.41) is 4.56. The van der Waals surface area contributed by atoms with E-state index in [-0.39, 0.29) is 0 Å². The normalized spacial score (nSPS) is 13.1. The van der Waals surface area contributed by atoms with Crippen molar-refractivity contribution in [3.63, 3.8) is 0 Å². The van der Waals surface area contributed by atoms with Gasteiger partial charge in [0.1, 0.15) is 11.4 Å². The molecule has 1 rings (SSSR count). The van der Waals surface area contributed by atoms with Crippen molar-refractivity contribution in [2.45, 2.75) is 11.9 Å². The molecule has 9 heteroatoms. The summed E-state index contributed by atoms with van der Waals surface area (Å²) in [6, 6.07) is 0. The summed E-state index contributed by atoms with van der Waals surface area (Å²) in [5.74, 6) is -2.44. The molecule has 0 aromatic carbocycles. The van der Waals surface area contributed by atoms with Gasteiger partial charge < -0.3 is 4.42 Å². The van der Waals surface area contributed by atoms with E-state index in [9.17, 15) is 21.6 Å². The molecule has 1 aromatic heterocycles. The molecule has 0 fully saturated rings. The van der Waals surface area contributed by atoms with Crippen LogP contribution < -0.4 is 5.14 Å². The molecule has 0 aliphatic rings. The van der Waals surface area contributed by atoms with Gasteiger partial charge in [-0.15, -0.1) is 0 Å². The standard InChI is InChI=1S/C5H5F3N2O3S/c6-5(7,8)4-3(10-2-13-4)1-14(9,11)12/h2H,1H2,(H2,9,11,12). The van der Waals surface area contributed by atoms with Crippen LogP contribution in [0.15, 0.2) is 10.8 Å². The summed E-state index contributed by atoms with van der Waals surface area (Å²) < 4.78 is 61.3. The maximum atomic E-state index is 12.1. The van der Waals surface area contributed by atoms with Gasteiger partial charge in [0.2, 0.25) is 15.8 Å². The summed E-state index contributed by atoms with van der Waals surface area (Å²) in [6.07, 6.45) is -4.25. The number of sulfonamides is 1. The van der Waals surface area contributed by atoms with E-state index in [2.05, 4.69) is 14.5 Å². The van der Waals surface area contributed by atoms with Crippen LogP contribution in [0.1, 0.15) is 11.5 Å². The Bertz CT molecular complexity index is 422. The largest absolute Gasteiger partial charge is 0.451 e. The number of nitrogens with zero attached hydrogens (tertiary/aromatic N) is 1. The van der Waals surface area contributed by atoms with Gasteiger partial charge in [-0.05, 0) is 0 Å². The van der Waals surface area contributed by atoms with E-state index in [1.54, 1.807) is 0 Å². The van der Waals surface area contributed by atoms with Crippen molar-refractivity contribution in [2.75, 3.05) is 0 Å². The van der Waals surface area contributed by atoms with Crippen molar-refractivity contribution in [2.24, 2.45) is 5.14 Å². The second kappa shape index (κ2) is 3.24. The van der Waals surface area contributed by atoms with Crippen LogP contribution >= 0.6 is 0 Å². The maximum absolute atomic E-state index is 12.1. The van der Waals surface area contributed by atoms with Crippen LogP contribution in [0.25, 0.3) is 0 Å². The molecule has 0 unspecified atom stereocenters. The minimum absolute atomic E-state index is 0.517. The third-order valence-corrected chi connectivity index (χ3v) is 1.91. The van der Waals surface area contributed by atoms with Gasteiger partial charge in [0.25, 0.3) is 0 Å². The van der Waals surface area contributed by atoms with Crippen molar-refractivity contribution in [1.82, 2.24) is 4.98 Å². The fourth-order valence-corrected chi connectivity index (χ4v) is 1.38. The minimum atomic E-state index is -4.77. The van der Waals surface area contributed by atoms with E-state index >= 15 is 0 Å². The molecule has 14 heavy (non-hydrogen) atoms. The molecule has 0 bridgehead atoms. The van der Waals surface area contributed by atoms with Gasteiger partial charge in [-0.1, -0.05) is 0 Å². The first-order chi connectivity index (χ1) is 6.20. The number of nitrogens with two attached hydrogens (primary N) is 1. The average Bonchev–Trinajstić information content (AvgIpc) is 2.29. The van der Waals surface area contributed by atoms with Crippen LogP contribution in [0.4, 0.5) is 13.2 Å². The van der Waals surface area contributed by atoms with E-state index < -0.39 is 33.4 Å². The van der Waals surface area contributed by atoms with E-state index in [4.69, 9.17) is 0 Å². The predicted octanol–water partition coefficient (Wildman–Crippen LogP) is 0.482. The molecule has 5 nitrogen and oxygen atoms in total.